The smallest absolute Gasteiger partial charge is 0.269 e. The van der Waals surface area contributed by atoms with E-state index in [4.69, 9.17) is 4.74 Å². The second-order valence-electron chi connectivity index (χ2n) is 5.65. The number of non-ortho nitro benzene ring substituents is 1. The van der Waals surface area contributed by atoms with Crippen LogP contribution in [0.25, 0.3) is 0 Å². The number of rotatable bonds is 7. The number of nitrogens with zero attached hydrogens (tertiary/aromatic N) is 4. The van der Waals surface area contributed by atoms with Crippen LogP contribution in [0.2, 0.25) is 0 Å². The summed E-state index contributed by atoms with van der Waals surface area (Å²) in [7, 11) is -2.43. The number of ether oxygens (including phenoxy) is 1. The van der Waals surface area contributed by atoms with Gasteiger partial charge in [0.15, 0.2) is 0 Å². The van der Waals surface area contributed by atoms with Crippen LogP contribution >= 0.6 is 0 Å². The summed E-state index contributed by atoms with van der Waals surface area (Å²) in [5.74, 6) is 0.311. The summed E-state index contributed by atoms with van der Waals surface area (Å²) in [4.78, 5) is 22.1. The molecule has 0 fully saturated rings. The molecule has 1 aromatic heterocycles. The van der Waals surface area contributed by atoms with Gasteiger partial charge in [-0.05, 0) is 42.0 Å². The molecule has 0 unspecified atom stereocenters. The van der Waals surface area contributed by atoms with Gasteiger partial charge in [0.2, 0.25) is 5.88 Å². The Morgan fingerprint density at radius 1 is 1.10 bits per heavy atom. The van der Waals surface area contributed by atoms with Gasteiger partial charge in [-0.2, -0.15) is 0 Å². The molecule has 0 aliphatic carbocycles. The molecule has 0 radical (unpaired) electrons. The van der Waals surface area contributed by atoms with Crippen molar-refractivity contribution >= 4 is 33.4 Å². The van der Waals surface area contributed by atoms with Gasteiger partial charge in [0.1, 0.15) is 12.1 Å². The minimum Gasteiger partial charge on any atom is -0.481 e. The highest BCUT2D eigenvalue weighted by atomic mass is 32.2. The van der Waals surface area contributed by atoms with Crippen molar-refractivity contribution in [2.24, 2.45) is 4.99 Å². The van der Waals surface area contributed by atoms with Crippen LogP contribution < -0.4 is 9.46 Å². The van der Waals surface area contributed by atoms with E-state index in [1.165, 1.54) is 62.1 Å². The lowest BCUT2D eigenvalue weighted by atomic mass is 10.2. The average molecular weight is 413 g/mol. The highest BCUT2D eigenvalue weighted by Gasteiger charge is 2.15. The van der Waals surface area contributed by atoms with E-state index in [9.17, 15) is 18.5 Å². The molecule has 0 saturated carbocycles. The number of hydrogen-bond donors (Lipinski definition) is 1. The van der Waals surface area contributed by atoms with Crippen LogP contribution in [0.5, 0.6) is 5.88 Å². The van der Waals surface area contributed by atoms with Crippen molar-refractivity contribution in [3.05, 3.63) is 76.6 Å². The van der Waals surface area contributed by atoms with Crippen molar-refractivity contribution in [2.75, 3.05) is 11.8 Å². The summed E-state index contributed by atoms with van der Waals surface area (Å²) in [5.41, 5.74) is 1.18. The summed E-state index contributed by atoms with van der Waals surface area (Å²) in [6.45, 7) is 0. The van der Waals surface area contributed by atoms with Gasteiger partial charge in [0.05, 0.1) is 22.6 Å². The lowest BCUT2D eigenvalue weighted by Crippen LogP contribution is -2.14. The number of aromatic nitrogens is 2. The largest absolute Gasteiger partial charge is 0.481 e. The van der Waals surface area contributed by atoms with E-state index in [-0.39, 0.29) is 22.3 Å². The lowest BCUT2D eigenvalue weighted by molar-refractivity contribution is -0.384. The molecule has 3 rings (SSSR count). The molecule has 0 amide bonds. The zero-order valence-electron chi connectivity index (χ0n) is 15.1. The van der Waals surface area contributed by atoms with E-state index in [0.29, 0.717) is 11.3 Å². The van der Waals surface area contributed by atoms with E-state index in [2.05, 4.69) is 19.7 Å². The number of nitrogens with one attached hydrogen (secondary N) is 1. The molecule has 0 spiro atoms. The minimum atomic E-state index is -3.85. The third-order valence-electron chi connectivity index (χ3n) is 3.70. The quantitative estimate of drug-likeness (QED) is 0.357. The maximum atomic E-state index is 12.5. The fourth-order valence-corrected chi connectivity index (χ4v) is 3.25. The van der Waals surface area contributed by atoms with Gasteiger partial charge >= 0.3 is 0 Å². The highest BCUT2D eigenvalue weighted by molar-refractivity contribution is 7.92. The molecule has 29 heavy (non-hydrogen) atoms. The predicted molar refractivity (Wildman–Crippen MR) is 106 cm³/mol. The average Bonchev–Trinajstić information content (AvgIpc) is 2.72. The predicted octanol–water partition coefficient (Wildman–Crippen LogP) is 2.94. The van der Waals surface area contributed by atoms with E-state index in [1.807, 2.05) is 0 Å². The number of nitro groups is 1. The maximum Gasteiger partial charge on any atom is 0.269 e. The number of nitro benzene ring substituents is 1. The first-order valence-corrected chi connectivity index (χ1v) is 9.63. The zero-order chi connectivity index (χ0) is 20.9. The van der Waals surface area contributed by atoms with Crippen molar-refractivity contribution < 1.29 is 18.1 Å². The number of sulfonamides is 1. The van der Waals surface area contributed by atoms with E-state index >= 15 is 0 Å². The standard InChI is InChI=1S/C18H15N5O5S/c1-28-18-10-17(20-12-21-18)22-29(26,27)16-8-4-14(5-9-16)19-11-13-2-6-15(7-3-13)23(24)25/h2-12H,1H3,(H,20,21,22). The summed E-state index contributed by atoms with van der Waals surface area (Å²) >= 11 is 0. The Balaban J connectivity index is 1.72. The topological polar surface area (TPSA) is 137 Å². The van der Waals surface area contributed by atoms with Crippen LogP contribution in [0, 0.1) is 10.1 Å². The summed E-state index contributed by atoms with van der Waals surface area (Å²) in [6, 6.07) is 13.2. The molecule has 0 aliphatic heterocycles. The van der Waals surface area contributed by atoms with Gasteiger partial charge in [0.25, 0.3) is 15.7 Å². The SMILES string of the molecule is COc1cc(NS(=O)(=O)c2ccc(N=Cc3ccc([N+](=O)[O-])cc3)cc2)ncn1. The van der Waals surface area contributed by atoms with Crippen molar-refractivity contribution in [1.29, 1.82) is 0 Å². The van der Waals surface area contributed by atoms with Gasteiger partial charge in [-0.3, -0.25) is 19.8 Å². The minimum absolute atomic E-state index is 0.00878. The first kappa shape index (κ1) is 19.9. The molecule has 0 saturated heterocycles. The third kappa shape index (κ3) is 5.11. The monoisotopic (exact) mass is 413 g/mol. The second-order valence-corrected chi connectivity index (χ2v) is 7.33. The van der Waals surface area contributed by atoms with Crippen LogP contribution in [0.1, 0.15) is 5.56 Å². The van der Waals surface area contributed by atoms with Crippen LogP contribution in [0.15, 0.2) is 70.8 Å². The molecule has 1 heterocycles. The Morgan fingerprint density at radius 3 is 2.41 bits per heavy atom. The van der Waals surface area contributed by atoms with Crippen LogP contribution in [0.4, 0.5) is 17.2 Å². The molecule has 148 valence electrons. The Hall–Kier alpha value is -3.86. The van der Waals surface area contributed by atoms with E-state index in [1.54, 1.807) is 12.1 Å². The molecular formula is C18H15N5O5S. The van der Waals surface area contributed by atoms with Crippen molar-refractivity contribution in [2.45, 2.75) is 4.90 Å². The van der Waals surface area contributed by atoms with E-state index < -0.39 is 14.9 Å². The molecule has 0 bridgehead atoms. The van der Waals surface area contributed by atoms with Gasteiger partial charge in [0, 0.05) is 24.4 Å². The Kier molecular flexibility index (Phi) is 5.79. The van der Waals surface area contributed by atoms with Crippen LogP contribution in [-0.4, -0.2) is 36.6 Å². The second kappa shape index (κ2) is 8.44. The Morgan fingerprint density at radius 2 is 1.79 bits per heavy atom. The van der Waals surface area contributed by atoms with Gasteiger partial charge in [-0.25, -0.2) is 18.4 Å². The number of aliphatic imine (C=N–C) groups is 1. The van der Waals surface area contributed by atoms with Crippen molar-refractivity contribution in [1.82, 2.24) is 9.97 Å². The van der Waals surface area contributed by atoms with Crippen LogP contribution in [0.3, 0.4) is 0 Å². The normalized spacial score (nSPS) is 11.3. The number of methoxy groups -OCH3 is 1. The molecule has 0 atom stereocenters. The van der Waals surface area contributed by atoms with Crippen molar-refractivity contribution in [3.8, 4) is 5.88 Å². The Bertz CT molecular complexity index is 1150. The first-order valence-electron chi connectivity index (χ1n) is 8.15. The fraction of sp³-hybridized carbons (Fsp3) is 0.0556. The maximum absolute atomic E-state index is 12.5. The van der Waals surface area contributed by atoms with E-state index in [0.717, 1.165) is 0 Å². The molecule has 11 heteroatoms. The molecule has 3 aromatic rings. The van der Waals surface area contributed by atoms with Crippen molar-refractivity contribution in [3.63, 3.8) is 0 Å². The van der Waals surface area contributed by atoms with Gasteiger partial charge in [-0.15, -0.1) is 0 Å². The highest BCUT2D eigenvalue weighted by Crippen LogP contribution is 2.20. The third-order valence-corrected chi connectivity index (χ3v) is 5.07. The summed E-state index contributed by atoms with van der Waals surface area (Å²) in [5, 5.41) is 10.7. The summed E-state index contributed by atoms with van der Waals surface area (Å²) < 4.78 is 32.2. The Labute approximate surface area is 166 Å². The zero-order valence-corrected chi connectivity index (χ0v) is 15.9. The lowest BCUT2D eigenvalue weighted by Gasteiger charge is -2.08. The summed E-state index contributed by atoms with van der Waals surface area (Å²) in [6.07, 6.45) is 2.71. The number of benzene rings is 2. The fourth-order valence-electron chi connectivity index (χ4n) is 2.25. The van der Waals surface area contributed by atoms with Gasteiger partial charge in [-0.1, -0.05) is 0 Å². The molecule has 10 nitrogen and oxygen atoms in total. The number of anilines is 1. The molecular weight excluding hydrogens is 398 g/mol. The number of hydrogen-bond acceptors (Lipinski definition) is 8. The molecule has 1 N–H and O–H groups in total. The molecule has 0 aliphatic rings. The first-order chi connectivity index (χ1) is 13.9. The van der Waals surface area contributed by atoms with Crippen LogP contribution in [-0.2, 0) is 10.0 Å². The van der Waals surface area contributed by atoms with Gasteiger partial charge < -0.3 is 4.74 Å². The molecule has 2 aromatic carbocycles.